The van der Waals surface area contributed by atoms with Crippen LogP contribution in [0.25, 0.3) is 0 Å². The van der Waals surface area contributed by atoms with Crippen LogP contribution in [0, 0.1) is 5.92 Å². The number of hydrogen-bond acceptors (Lipinski definition) is 3. The molecule has 1 aromatic rings. The standard InChI is InChI=1S/C8H12ClN3O2S/c9-7-1-6(2-7)3-12-15(13,14)8-4-10-11-5-8/h4-7,12H,1-3H2,(H,10,11). The van der Waals surface area contributed by atoms with E-state index in [1.807, 2.05) is 0 Å². The highest BCUT2D eigenvalue weighted by atomic mass is 35.5. The second-order valence-electron chi connectivity index (χ2n) is 3.72. The van der Waals surface area contributed by atoms with E-state index in [-0.39, 0.29) is 10.3 Å². The first-order valence-corrected chi connectivity index (χ1v) is 6.62. The van der Waals surface area contributed by atoms with Crippen LogP contribution in [-0.4, -0.2) is 30.5 Å². The lowest BCUT2D eigenvalue weighted by Crippen LogP contribution is -2.36. The molecule has 0 amide bonds. The van der Waals surface area contributed by atoms with Gasteiger partial charge in [0.2, 0.25) is 10.0 Å². The zero-order valence-electron chi connectivity index (χ0n) is 7.98. The van der Waals surface area contributed by atoms with Crippen molar-refractivity contribution in [3.05, 3.63) is 12.4 Å². The number of sulfonamides is 1. The Balaban J connectivity index is 1.89. The van der Waals surface area contributed by atoms with Crippen LogP contribution in [0.4, 0.5) is 0 Å². The fourth-order valence-electron chi connectivity index (χ4n) is 1.52. The highest BCUT2D eigenvalue weighted by Crippen LogP contribution is 2.31. The minimum Gasteiger partial charge on any atom is -0.284 e. The highest BCUT2D eigenvalue weighted by molar-refractivity contribution is 7.89. The van der Waals surface area contributed by atoms with Crippen molar-refractivity contribution in [3.63, 3.8) is 0 Å². The van der Waals surface area contributed by atoms with Gasteiger partial charge < -0.3 is 0 Å². The molecule has 1 aliphatic carbocycles. The number of aromatic amines is 1. The van der Waals surface area contributed by atoms with Crippen LogP contribution in [-0.2, 0) is 10.0 Å². The molecule has 0 atom stereocenters. The second kappa shape index (κ2) is 4.11. The minimum absolute atomic E-state index is 0.171. The molecule has 5 nitrogen and oxygen atoms in total. The highest BCUT2D eigenvalue weighted by Gasteiger charge is 2.28. The quantitative estimate of drug-likeness (QED) is 0.772. The molecule has 1 aromatic heterocycles. The largest absolute Gasteiger partial charge is 0.284 e. The lowest BCUT2D eigenvalue weighted by atomic mass is 9.85. The molecule has 2 rings (SSSR count). The molecule has 1 aliphatic rings. The zero-order chi connectivity index (χ0) is 10.9. The monoisotopic (exact) mass is 249 g/mol. The number of nitrogens with zero attached hydrogens (tertiary/aromatic N) is 1. The second-order valence-corrected chi connectivity index (χ2v) is 6.10. The van der Waals surface area contributed by atoms with Crippen molar-refractivity contribution in [1.29, 1.82) is 0 Å². The number of hydrogen-bond donors (Lipinski definition) is 2. The maximum atomic E-state index is 11.6. The summed E-state index contributed by atoms with van der Waals surface area (Å²) in [6.07, 6.45) is 4.41. The SMILES string of the molecule is O=S(=O)(NCC1CC(Cl)C1)c1cn[nH]c1. The van der Waals surface area contributed by atoms with Crippen molar-refractivity contribution in [1.82, 2.24) is 14.9 Å². The molecule has 7 heteroatoms. The Kier molecular flexibility index (Phi) is 2.99. The summed E-state index contributed by atoms with van der Waals surface area (Å²) in [5.74, 6) is 0.370. The third kappa shape index (κ3) is 2.50. The summed E-state index contributed by atoms with van der Waals surface area (Å²) >= 11 is 5.80. The molecule has 0 radical (unpaired) electrons. The first-order chi connectivity index (χ1) is 7.08. The molecule has 2 N–H and O–H groups in total. The Morgan fingerprint density at radius 1 is 1.60 bits per heavy atom. The van der Waals surface area contributed by atoms with Gasteiger partial charge in [-0.1, -0.05) is 0 Å². The number of aromatic nitrogens is 2. The van der Waals surface area contributed by atoms with E-state index in [1.165, 1.54) is 12.4 Å². The van der Waals surface area contributed by atoms with Crippen LogP contribution < -0.4 is 4.72 Å². The maximum Gasteiger partial charge on any atom is 0.243 e. The van der Waals surface area contributed by atoms with Crippen molar-refractivity contribution in [2.24, 2.45) is 5.92 Å². The van der Waals surface area contributed by atoms with Crippen molar-refractivity contribution in [2.75, 3.05) is 6.54 Å². The fraction of sp³-hybridized carbons (Fsp3) is 0.625. The van der Waals surface area contributed by atoms with Crippen LogP contribution >= 0.6 is 11.6 Å². The number of rotatable bonds is 4. The Bertz CT molecular complexity index is 411. The van der Waals surface area contributed by atoms with Gasteiger partial charge in [-0.15, -0.1) is 11.6 Å². The third-order valence-corrected chi connectivity index (χ3v) is 4.27. The van der Waals surface area contributed by atoms with Gasteiger partial charge in [0.15, 0.2) is 0 Å². The summed E-state index contributed by atoms with van der Waals surface area (Å²) in [5, 5.41) is 6.28. The van der Waals surface area contributed by atoms with Crippen LogP contribution in [0.3, 0.4) is 0 Å². The van der Waals surface area contributed by atoms with Crippen molar-refractivity contribution in [2.45, 2.75) is 23.1 Å². The van der Waals surface area contributed by atoms with Crippen LogP contribution in [0.5, 0.6) is 0 Å². The lowest BCUT2D eigenvalue weighted by Gasteiger charge is -2.30. The molecule has 0 bridgehead atoms. The van der Waals surface area contributed by atoms with Crippen LogP contribution in [0.1, 0.15) is 12.8 Å². The number of H-pyrrole nitrogens is 1. The van der Waals surface area contributed by atoms with Gasteiger partial charge >= 0.3 is 0 Å². The summed E-state index contributed by atoms with van der Waals surface area (Å²) in [7, 11) is -3.39. The summed E-state index contributed by atoms with van der Waals surface area (Å²) < 4.78 is 25.8. The number of nitrogens with one attached hydrogen (secondary N) is 2. The van der Waals surface area contributed by atoms with Crippen molar-refractivity contribution < 1.29 is 8.42 Å². The Morgan fingerprint density at radius 3 is 2.87 bits per heavy atom. The van der Waals surface area contributed by atoms with E-state index in [4.69, 9.17) is 11.6 Å². The van der Waals surface area contributed by atoms with E-state index >= 15 is 0 Å². The fourth-order valence-corrected chi connectivity index (χ4v) is 3.04. The van der Waals surface area contributed by atoms with Gasteiger partial charge in [0, 0.05) is 18.1 Å². The van der Waals surface area contributed by atoms with Gasteiger partial charge in [0.05, 0.1) is 6.20 Å². The molecule has 0 aromatic carbocycles. The average Bonchev–Trinajstić information content (AvgIpc) is 2.63. The van der Waals surface area contributed by atoms with Gasteiger partial charge in [-0.2, -0.15) is 5.10 Å². The topological polar surface area (TPSA) is 74.8 Å². The molecule has 0 saturated heterocycles. The summed E-state index contributed by atoms with van der Waals surface area (Å²) in [6, 6.07) is 0. The van der Waals surface area contributed by atoms with Crippen molar-refractivity contribution >= 4 is 21.6 Å². The van der Waals surface area contributed by atoms with Crippen molar-refractivity contribution in [3.8, 4) is 0 Å². The maximum absolute atomic E-state index is 11.6. The van der Waals surface area contributed by atoms with E-state index in [1.54, 1.807) is 0 Å². The first kappa shape index (κ1) is 10.9. The Hall–Kier alpha value is -0.590. The minimum atomic E-state index is -3.39. The predicted octanol–water partition coefficient (Wildman–Crippen LogP) is 0.705. The molecule has 15 heavy (non-hydrogen) atoms. The molecule has 0 spiro atoms. The normalized spacial score (nSPS) is 26.2. The molecule has 0 unspecified atom stereocenters. The first-order valence-electron chi connectivity index (χ1n) is 4.70. The van der Waals surface area contributed by atoms with E-state index in [9.17, 15) is 8.42 Å². The number of alkyl halides is 1. The Morgan fingerprint density at radius 2 is 2.33 bits per heavy atom. The van der Waals surface area contributed by atoms with E-state index in [0.717, 1.165) is 12.8 Å². The van der Waals surface area contributed by atoms with Gasteiger partial charge in [-0.05, 0) is 18.8 Å². The number of halogens is 1. The molecule has 1 fully saturated rings. The average molecular weight is 250 g/mol. The molecule has 1 heterocycles. The Labute approximate surface area is 93.3 Å². The molecule has 0 aliphatic heterocycles. The third-order valence-electron chi connectivity index (χ3n) is 2.52. The lowest BCUT2D eigenvalue weighted by molar-refractivity contribution is 0.324. The van der Waals surface area contributed by atoms with Gasteiger partial charge in [-0.3, -0.25) is 5.10 Å². The molecule has 84 valence electrons. The molecule has 1 saturated carbocycles. The molecular weight excluding hydrogens is 238 g/mol. The van der Waals surface area contributed by atoms with Crippen LogP contribution in [0.15, 0.2) is 17.3 Å². The predicted molar refractivity (Wildman–Crippen MR) is 56.1 cm³/mol. The smallest absolute Gasteiger partial charge is 0.243 e. The van der Waals surface area contributed by atoms with Crippen LogP contribution in [0.2, 0.25) is 0 Å². The van der Waals surface area contributed by atoms with Gasteiger partial charge in [0.1, 0.15) is 4.90 Å². The van der Waals surface area contributed by atoms with E-state index in [0.29, 0.717) is 12.5 Å². The summed E-state index contributed by atoms with van der Waals surface area (Å²) in [4.78, 5) is 0.171. The summed E-state index contributed by atoms with van der Waals surface area (Å²) in [6.45, 7) is 0.455. The zero-order valence-corrected chi connectivity index (χ0v) is 9.55. The summed E-state index contributed by atoms with van der Waals surface area (Å²) in [5.41, 5.74) is 0. The molecular formula is C8H12ClN3O2S. The van der Waals surface area contributed by atoms with E-state index in [2.05, 4.69) is 14.9 Å². The van der Waals surface area contributed by atoms with Gasteiger partial charge in [-0.25, -0.2) is 13.1 Å². The van der Waals surface area contributed by atoms with Gasteiger partial charge in [0.25, 0.3) is 0 Å². The van der Waals surface area contributed by atoms with E-state index < -0.39 is 10.0 Å².